The van der Waals surface area contributed by atoms with Gasteiger partial charge in [0, 0.05) is 31.3 Å². The Labute approximate surface area is 79.8 Å². The molecular weight excluding hydrogens is 183 g/mol. The maximum absolute atomic E-state index is 12.8. The van der Waals surface area contributed by atoms with Crippen LogP contribution in [0.3, 0.4) is 0 Å². The van der Waals surface area contributed by atoms with E-state index >= 15 is 0 Å². The van der Waals surface area contributed by atoms with E-state index in [0.717, 1.165) is 18.9 Å². The zero-order chi connectivity index (χ0) is 9.54. The molecule has 5 heteroatoms. The fourth-order valence-corrected chi connectivity index (χ4v) is 1.63. The minimum Gasteiger partial charge on any atom is -0.315 e. The number of rotatable bonds is 1. The zero-order valence-electron chi connectivity index (χ0n) is 7.44. The summed E-state index contributed by atoms with van der Waals surface area (Å²) in [6.07, 6.45) is 1.68. The Morgan fingerprint density at radius 3 is 3.00 bits per heavy atom. The Bertz CT molecular complexity index is 475. The molecular formula is C9H9FN4. The van der Waals surface area contributed by atoms with Crippen LogP contribution in [0.4, 0.5) is 4.39 Å². The molecule has 1 aliphatic heterocycles. The number of nitrogens with zero attached hydrogens (tertiary/aromatic N) is 3. The second-order valence-electron chi connectivity index (χ2n) is 3.49. The summed E-state index contributed by atoms with van der Waals surface area (Å²) in [6.45, 7) is 1.86. The van der Waals surface area contributed by atoms with Crippen molar-refractivity contribution in [3.05, 3.63) is 30.0 Å². The molecule has 0 radical (unpaired) electrons. The van der Waals surface area contributed by atoms with Crippen molar-refractivity contribution in [1.29, 1.82) is 0 Å². The van der Waals surface area contributed by atoms with Crippen LogP contribution in [0.15, 0.2) is 18.3 Å². The van der Waals surface area contributed by atoms with E-state index in [1.807, 2.05) is 4.40 Å². The Morgan fingerprint density at radius 2 is 2.29 bits per heavy atom. The summed E-state index contributed by atoms with van der Waals surface area (Å²) in [4.78, 5) is 0. The first-order valence-electron chi connectivity index (χ1n) is 4.55. The quantitative estimate of drug-likeness (QED) is 0.717. The Balaban J connectivity index is 2.16. The smallest absolute Gasteiger partial charge is 0.163 e. The lowest BCUT2D eigenvalue weighted by atomic mass is 10.0. The standard InChI is InChI=1S/C9H9FN4/c10-7-1-2-14-8(3-7)12-13-9(14)6-4-11-5-6/h1-3,6,11H,4-5H2. The molecule has 3 rings (SSSR count). The highest BCUT2D eigenvalue weighted by Gasteiger charge is 2.23. The highest BCUT2D eigenvalue weighted by Crippen LogP contribution is 2.18. The molecule has 1 saturated heterocycles. The van der Waals surface area contributed by atoms with Gasteiger partial charge in [-0.25, -0.2) is 4.39 Å². The number of pyridine rings is 1. The molecule has 0 spiro atoms. The van der Waals surface area contributed by atoms with Crippen LogP contribution in [-0.4, -0.2) is 27.7 Å². The van der Waals surface area contributed by atoms with Gasteiger partial charge in [-0.05, 0) is 6.07 Å². The van der Waals surface area contributed by atoms with Crippen LogP contribution in [0.5, 0.6) is 0 Å². The van der Waals surface area contributed by atoms with Crippen molar-refractivity contribution in [2.45, 2.75) is 5.92 Å². The highest BCUT2D eigenvalue weighted by atomic mass is 19.1. The molecule has 2 aromatic heterocycles. The van der Waals surface area contributed by atoms with Crippen molar-refractivity contribution in [3.8, 4) is 0 Å². The number of hydrogen-bond acceptors (Lipinski definition) is 3. The van der Waals surface area contributed by atoms with Crippen molar-refractivity contribution in [2.24, 2.45) is 0 Å². The largest absolute Gasteiger partial charge is 0.315 e. The van der Waals surface area contributed by atoms with E-state index < -0.39 is 0 Å². The molecule has 0 unspecified atom stereocenters. The molecule has 3 heterocycles. The summed E-state index contributed by atoms with van der Waals surface area (Å²) in [7, 11) is 0. The van der Waals surface area contributed by atoms with Gasteiger partial charge in [0.2, 0.25) is 0 Å². The van der Waals surface area contributed by atoms with E-state index in [1.54, 1.807) is 6.20 Å². The first-order chi connectivity index (χ1) is 6.84. The van der Waals surface area contributed by atoms with Crippen LogP contribution in [0.25, 0.3) is 5.65 Å². The van der Waals surface area contributed by atoms with E-state index in [0.29, 0.717) is 11.6 Å². The molecule has 1 aliphatic rings. The van der Waals surface area contributed by atoms with Gasteiger partial charge in [0.25, 0.3) is 0 Å². The van der Waals surface area contributed by atoms with E-state index in [4.69, 9.17) is 0 Å². The van der Waals surface area contributed by atoms with E-state index in [1.165, 1.54) is 12.1 Å². The zero-order valence-corrected chi connectivity index (χ0v) is 7.44. The molecule has 1 N–H and O–H groups in total. The Hall–Kier alpha value is -1.49. The number of fused-ring (bicyclic) bond motifs is 1. The average Bonchev–Trinajstić information content (AvgIpc) is 2.45. The molecule has 0 aliphatic carbocycles. The van der Waals surface area contributed by atoms with Gasteiger partial charge in [-0.3, -0.25) is 4.40 Å². The summed E-state index contributed by atoms with van der Waals surface area (Å²) in [5, 5.41) is 11.2. The number of halogens is 1. The van der Waals surface area contributed by atoms with Crippen LogP contribution in [0, 0.1) is 5.82 Å². The minimum atomic E-state index is -0.275. The molecule has 0 bridgehead atoms. The maximum atomic E-state index is 12.8. The monoisotopic (exact) mass is 192 g/mol. The van der Waals surface area contributed by atoms with Gasteiger partial charge in [-0.15, -0.1) is 10.2 Å². The van der Waals surface area contributed by atoms with Crippen LogP contribution >= 0.6 is 0 Å². The lowest BCUT2D eigenvalue weighted by Gasteiger charge is -2.25. The molecule has 2 aromatic rings. The van der Waals surface area contributed by atoms with Crippen molar-refractivity contribution >= 4 is 5.65 Å². The van der Waals surface area contributed by atoms with Crippen LogP contribution in [0.1, 0.15) is 11.7 Å². The Morgan fingerprint density at radius 1 is 1.43 bits per heavy atom. The topological polar surface area (TPSA) is 42.2 Å². The third-order valence-electron chi connectivity index (χ3n) is 2.54. The normalized spacial score (nSPS) is 17.2. The fourth-order valence-electron chi connectivity index (χ4n) is 1.63. The highest BCUT2D eigenvalue weighted by molar-refractivity contribution is 5.38. The minimum absolute atomic E-state index is 0.275. The summed E-state index contributed by atoms with van der Waals surface area (Å²) in [5.74, 6) is 1.05. The van der Waals surface area contributed by atoms with Crippen molar-refractivity contribution in [2.75, 3.05) is 13.1 Å². The van der Waals surface area contributed by atoms with Crippen molar-refractivity contribution in [1.82, 2.24) is 19.9 Å². The molecule has 0 saturated carbocycles. The van der Waals surface area contributed by atoms with E-state index in [2.05, 4.69) is 15.5 Å². The van der Waals surface area contributed by atoms with Crippen molar-refractivity contribution in [3.63, 3.8) is 0 Å². The van der Waals surface area contributed by atoms with Gasteiger partial charge in [0.1, 0.15) is 11.6 Å². The SMILES string of the molecule is Fc1ccn2c(C3CNC3)nnc2c1. The summed E-state index contributed by atoms with van der Waals surface area (Å²) in [5.41, 5.74) is 0.576. The maximum Gasteiger partial charge on any atom is 0.163 e. The third kappa shape index (κ3) is 1.02. The molecule has 14 heavy (non-hydrogen) atoms. The lowest BCUT2D eigenvalue weighted by molar-refractivity contribution is 0.427. The Kier molecular flexibility index (Phi) is 1.55. The van der Waals surface area contributed by atoms with Crippen LogP contribution in [0.2, 0.25) is 0 Å². The summed E-state index contributed by atoms with van der Waals surface area (Å²) < 4.78 is 14.7. The average molecular weight is 192 g/mol. The number of hydrogen-bond donors (Lipinski definition) is 1. The molecule has 72 valence electrons. The van der Waals surface area contributed by atoms with Gasteiger partial charge >= 0.3 is 0 Å². The molecule has 0 amide bonds. The third-order valence-corrected chi connectivity index (χ3v) is 2.54. The summed E-state index contributed by atoms with van der Waals surface area (Å²) >= 11 is 0. The predicted molar refractivity (Wildman–Crippen MR) is 48.6 cm³/mol. The second kappa shape index (κ2) is 2.75. The van der Waals surface area contributed by atoms with Gasteiger partial charge in [0.15, 0.2) is 5.65 Å². The van der Waals surface area contributed by atoms with E-state index in [9.17, 15) is 4.39 Å². The molecule has 4 nitrogen and oxygen atoms in total. The second-order valence-corrected chi connectivity index (χ2v) is 3.49. The van der Waals surface area contributed by atoms with Crippen LogP contribution in [-0.2, 0) is 0 Å². The molecule has 0 atom stereocenters. The van der Waals surface area contributed by atoms with E-state index in [-0.39, 0.29) is 5.82 Å². The fraction of sp³-hybridized carbons (Fsp3) is 0.333. The summed E-state index contributed by atoms with van der Waals surface area (Å²) in [6, 6.07) is 2.81. The number of aromatic nitrogens is 3. The van der Waals surface area contributed by atoms with Crippen molar-refractivity contribution < 1.29 is 4.39 Å². The molecule has 0 aromatic carbocycles. The van der Waals surface area contributed by atoms with Gasteiger partial charge in [0.05, 0.1) is 0 Å². The van der Waals surface area contributed by atoms with Crippen LogP contribution < -0.4 is 5.32 Å². The first kappa shape index (κ1) is 7.87. The number of nitrogens with one attached hydrogen (secondary N) is 1. The van der Waals surface area contributed by atoms with Gasteiger partial charge < -0.3 is 5.32 Å². The van der Waals surface area contributed by atoms with Gasteiger partial charge in [-0.2, -0.15) is 0 Å². The van der Waals surface area contributed by atoms with Gasteiger partial charge in [-0.1, -0.05) is 0 Å². The predicted octanol–water partition coefficient (Wildman–Crippen LogP) is 0.555. The first-order valence-corrected chi connectivity index (χ1v) is 4.55. The lowest BCUT2D eigenvalue weighted by Crippen LogP contribution is -2.40. The molecule has 1 fully saturated rings.